The summed E-state index contributed by atoms with van der Waals surface area (Å²) >= 11 is 1.23. The largest absolute Gasteiger partial charge is 0.481 e. The predicted molar refractivity (Wildman–Crippen MR) is 81.5 cm³/mol. The van der Waals surface area contributed by atoms with Crippen LogP contribution in [-0.2, 0) is 11.3 Å². The van der Waals surface area contributed by atoms with Crippen LogP contribution in [0.15, 0.2) is 5.16 Å². The Bertz CT molecular complexity index is 423. The molecule has 20 heavy (non-hydrogen) atoms. The highest BCUT2D eigenvalue weighted by Crippen LogP contribution is 2.22. The average molecular weight is 300 g/mol. The Labute approximate surface area is 124 Å². The normalized spacial score (nSPS) is 10.8. The van der Waals surface area contributed by atoms with Crippen molar-refractivity contribution in [1.82, 2.24) is 14.8 Å². The molecule has 0 fully saturated rings. The highest BCUT2D eigenvalue weighted by atomic mass is 32.2. The zero-order chi connectivity index (χ0) is 15.0. The van der Waals surface area contributed by atoms with Gasteiger partial charge in [0.1, 0.15) is 0 Å². The molecule has 0 aliphatic carbocycles. The number of rotatable bonds is 10. The fourth-order valence-corrected chi connectivity index (χ4v) is 2.60. The lowest BCUT2D eigenvalue weighted by Crippen LogP contribution is -2.27. The van der Waals surface area contributed by atoms with Crippen LogP contribution in [0, 0.1) is 0 Å². The van der Waals surface area contributed by atoms with Crippen LogP contribution in [0.1, 0.15) is 40.0 Å². The standard InChI is InChI=1S/C13H24N4O2S/c1-4-7-9-16(6-3)12-14-15-13(17(12)8-5-2)20-10-11(18)19/h4-10H2,1-3H3,(H,18,19). The topological polar surface area (TPSA) is 71.2 Å². The fourth-order valence-electron chi connectivity index (χ4n) is 1.92. The maximum atomic E-state index is 10.7. The minimum Gasteiger partial charge on any atom is -0.481 e. The highest BCUT2D eigenvalue weighted by Gasteiger charge is 2.17. The predicted octanol–water partition coefficient (Wildman–Crippen LogP) is 2.49. The number of hydrogen-bond donors (Lipinski definition) is 1. The first-order chi connectivity index (χ1) is 9.63. The number of carboxylic acid groups (broad SMARTS) is 1. The van der Waals surface area contributed by atoms with Gasteiger partial charge in [-0.15, -0.1) is 10.2 Å². The molecule has 6 nitrogen and oxygen atoms in total. The monoisotopic (exact) mass is 300 g/mol. The molecule has 1 aromatic rings. The van der Waals surface area contributed by atoms with E-state index in [9.17, 15) is 4.79 Å². The van der Waals surface area contributed by atoms with E-state index in [1.54, 1.807) is 0 Å². The Hall–Kier alpha value is -1.24. The van der Waals surface area contributed by atoms with Gasteiger partial charge in [-0.2, -0.15) is 0 Å². The first-order valence-corrected chi connectivity index (χ1v) is 8.15. The van der Waals surface area contributed by atoms with Gasteiger partial charge < -0.3 is 10.0 Å². The van der Waals surface area contributed by atoms with Gasteiger partial charge in [0, 0.05) is 19.6 Å². The van der Waals surface area contributed by atoms with Crippen molar-refractivity contribution in [3.63, 3.8) is 0 Å². The van der Waals surface area contributed by atoms with E-state index in [1.165, 1.54) is 11.8 Å². The second-order valence-electron chi connectivity index (χ2n) is 4.55. The Morgan fingerprint density at radius 3 is 2.60 bits per heavy atom. The average Bonchev–Trinajstić information content (AvgIpc) is 2.81. The molecular weight excluding hydrogens is 276 g/mol. The van der Waals surface area contributed by atoms with Crippen LogP contribution < -0.4 is 4.90 Å². The Kier molecular flexibility index (Phi) is 7.43. The summed E-state index contributed by atoms with van der Waals surface area (Å²) in [7, 11) is 0. The van der Waals surface area contributed by atoms with Gasteiger partial charge >= 0.3 is 5.97 Å². The maximum Gasteiger partial charge on any atom is 0.313 e. The van der Waals surface area contributed by atoms with Crippen LogP contribution in [-0.4, -0.2) is 44.7 Å². The van der Waals surface area contributed by atoms with Gasteiger partial charge in [0.2, 0.25) is 5.95 Å². The van der Waals surface area contributed by atoms with Crippen molar-refractivity contribution in [2.24, 2.45) is 0 Å². The van der Waals surface area contributed by atoms with Crippen molar-refractivity contribution in [1.29, 1.82) is 0 Å². The minimum atomic E-state index is -0.832. The van der Waals surface area contributed by atoms with Gasteiger partial charge in [-0.05, 0) is 19.8 Å². The number of carbonyl (C=O) groups is 1. The minimum absolute atomic E-state index is 0.0168. The van der Waals surface area contributed by atoms with Crippen LogP contribution in [0.2, 0.25) is 0 Å². The summed E-state index contributed by atoms with van der Waals surface area (Å²) in [5, 5.41) is 17.9. The van der Waals surface area contributed by atoms with E-state index in [0.717, 1.165) is 44.8 Å². The lowest BCUT2D eigenvalue weighted by molar-refractivity contribution is -0.133. The Morgan fingerprint density at radius 2 is 2.05 bits per heavy atom. The zero-order valence-corrected chi connectivity index (χ0v) is 13.3. The van der Waals surface area contributed by atoms with E-state index in [4.69, 9.17) is 5.11 Å². The van der Waals surface area contributed by atoms with Gasteiger partial charge in [-0.1, -0.05) is 32.0 Å². The van der Waals surface area contributed by atoms with Crippen molar-refractivity contribution >= 4 is 23.7 Å². The van der Waals surface area contributed by atoms with E-state index in [2.05, 4.69) is 35.9 Å². The van der Waals surface area contributed by atoms with Gasteiger partial charge in [-0.25, -0.2) is 0 Å². The smallest absolute Gasteiger partial charge is 0.313 e. The first kappa shape index (κ1) is 16.8. The lowest BCUT2D eigenvalue weighted by atomic mass is 10.3. The summed E-state index contributed by atoms with van der Waals surface area (Å²) in [6.07, 6.45) is 3.22. The van der Waals surface area contributed by atoms with Crippen LogP contribution >= 0.6 is 11.8 Å². The summed E-state index contributed by atoms with van der Waals surface area (Å²) < 4.78 is 2.03. The van der Waals surface area contributed by atoms with Gasteiger partial charge in [-0.3, -0.25) is 9.36 Å². The number of unbranched alkanes of at least 4 members (excludes halogenated alkanes) is 1. The molecule has 0 atom stereocenters. The molecule has 0 aliphatic heterocycles. The number of carboxylic acids is 1. The fraction of sp³-hybridized carbons (Fsp3) is 0.769. The summed E-state index contributed by atoms with van der Waals surface area (Å²) in [6.45, 7) is 9.01. The number of thioether (sulfide) groups is 1. The molecule has 1 heterocycles. The number of nitrogens with zero attached hydrogens (tertiary/aromatic N) is 4. The highest BCUT2D eigenvalue weighted by molar-refractivity contribution is 7.99. The van der Waals surface area contributed by atoms with Crippen molar-refractivity contribution in [2.45, 2.75) is 51.7 Å². The van der Waals surface area contributed by atoms with E-state index < -0.39 is 5.97 Å². The van der Waals surface area contributed by atoms with Crippen LogP contribution in [0.25, 0.3) is 0 Å². The van der Waals surface area contributed by atoms with Crippen LogP contribution in [0.5, 0.6) is 0 Å². The molecule has 0 saturated heterocycles. The molecule has 1 aromatic heterocycles. The molecule has 0 bridgehead atoms. The molecule has 7 heteroatoms. The molecule has 114 valence electrons. The molecule has 1 N–H and O–H groups in total. The van der Waals surface area contributed by atoms with Crippen LogP contribution in [0.3, 0.4) is 0 Å². The molecule has 0 spiro atoms. The second kappa shape index (κ2) is 8.84. The number of aliphatic carboxylic acids is 1. The Morgan fingerprint density at radius 1 is 1.30 bits per heavy atom. The maximum absolute atomic E-state index is 10.7. The first-order valence-electron chi connectivity index (χ1n) is 7.16. The molecule has 1 rings (SSSR count). The van der Waals surface area contributed by atoms with Crippen molar-refractivity contribution in [2.75, 3.05) is 23.7 Å². The van der Waals surface area contributed by atoms with E-state index >= 15 is 0 Å². The van der Waals surface area contributed by atoms with E-state index in [-0.39, 0.29) is 5.75 Å². The lowest BCUT2D eigenvalue weighted by Gasteiger charge is -2.22. The summed E-state index contributed by atoms with van der Waals surface area (Å²) in [6, 6.07) is 0. The molecule has 0 amide bonds. The van der Waals surface area contributed by atoms with E-state index in [0.29, 0.717) is 5.16 Å². The molecule has 0 radical (unpaired) electrons. The summed E-state index contributed by atoms with van der Waals surface area (Å²) in [4.78, 5) is 12.9. The Balaban J connectivity index is 2.90. The van der Waals surface area contributed by atoms with Gasteiger partial charge in [0.05, 0.1) is 5.75 Å². The number of aromatic nitrogens is 3. The number of hydrogen-bond acceptors (Lipinski definition) is 5. The number of anilines is 1. The van der Waals surface area contributed by atoms with Crippen molar-refractivity contribution in [3.05, 3.63) is 0 Å². The van der Waals surface area contributed by atoms with Crippen LogP contribution in [0.4, 0.5) is 5.95 Å². The summed E-state index contributed by atoms with van der Waals surface area (Å²) in [5.74, 6) is 0.0414. The van der Waals surface area contributed by atoms with Crippen molar-refractivity contribution < 1.29 is 9.90 Å². The van der Waals surface area contributed by atoms with E-state index in [1.807, 2.05) is 4.57 Å². The molecule has 0 aliphatic rings. The SMILES string of the molecule is CCCCN(CC)c1nnc(SCC(=O)O)n1CCC. The van der Waals surface area contributed by atoms with Crippen molar-refractivity contribution in [3.8, 4) is 0 Å². The van der Waals surface area contributed by atoms with Gasteiger partial charge in [0.25, 0.3) is 0 Å². The van der Waals surface area contributed by atoms with Gasteiger partial charge in [0.15, 0.2) is 5.16 Å². The molecule has 0 unspecified atom stereocenters. The third kappa shape index (κ3) is 4.70. The quantitative estimate of drug-likeness (QED) is 0.669. The summed E-state index contributed by atoms with van der Waals surface area (Å²) in [5.41, 5.74) is 0. The molecular formula is C13H24N4O2S. The third-order valence-corrected chi connectivity index (χ3v) is 3.87. The molecule has 0 aromatic carbocycles. The zero-order valence-electron chi connectivity index (χ0n) is 12.5. The third-order valence-electron chi connectivity index (χ3n) is 2.92. The second-order valence-corrected chi connectivity index (χ2v) is 5.49. The molecule has 0 saturated carbocycles.